The molecule has 1 aliphatic carbocycles. The Bertz CT molecular complexity index is 989. The van der Waals surface area contributed by atoms with Crippen LogP contribution in [0.4, 0.5) is 0 Å². The fourth-order valence-electron chi connectivity index (χ4n) is 3.32. The Balaban J connectivity index is 1.70. The summed E-state index contributed by atoms with van der Waals surface area (Å²) in [5, 5.41) is 5.32. The summed E-state index contributed by atoms with van der Waals surface area (Å²) in [4.78, 5) is 19.9. The number of rotatable bonds is 5. The maximum atomic E-state index is 13.3. The maximum absolute atomic E-state index is 13.3. The van der Waals surface area contributed by atoms with E-state index in [2.05, 4.69) is 34.9 Å². The molecular weight excluding hydrogens is 404 g/mol. The summed E-state index contributed by atoms with van der Waals surface area (Å²) in [6.07, 6.45) is 4.08. The second-order valence-corrected chi connectivity index (χ2v) is 8.49. The first-order valence-corrected chi connectivity index (χ1v) is 10.1. The maximum Gasteiger partial charge on any atom is 0.254 e. The molecule has 1 saturated carbocycles. The number of benzene rings is 1. The van der Waals surface area contributed by atoms with Gasteiger partial charge in [0.25, 0.3) is 5.91 Å². The minimum atomic E-state index is 0.00975. The summed E-state index contributed by atoms with van der Waals surface area (Å²) in [5.41, 5.74) is 3.63. The molecule has 0 bridgehead atoms. The van der Waals surface area contributed by atoms with Gasteiger partial charge >= 0.3 is 0 Å². The van der Waals surface area contributed by atoms with Crippen molar-refractivity contribution < 1.29 is 4.79 Å². The van der Waals surface area contributed by atoms with E-state index in [0.29, 0.717) is 18.0 Å². The van der Waals surface area contributed by atoms with Gasteiger partial charge in [-0.1, -0.05) is 28.1 Å². The lowest BCUT2D eigenvalue weighted by molar-refractivity contribution is 0.0787. The summed E-state index contributed by atoms with van der Waals surface area (Å²) >= 11 is 3.45. The van der Waals surface area contributed by atoms with Crippen LogP contribution < -0.4 is 0 Å². The molecule has 0 radical (unpaired) electrons. The normalized spacial score (nSPS) is 14.1. The molecule has 2 aromatic heterocycles. The van der Waals surface area contributed by atoms with Crippen molar-refractivity contribution in [2.24, 2.45) is 0 Å². The molecule has 0 N–H and O–H groups in total. The first-order chi connectivity index (χ1) is 12.9. The van der Waals surface area contributed by atoms with Gasteiger partial charge in [-0.2, -0.15) is 5.10 Å². The fourth-order valence-corrected chi connectivity index (χ4v) is 3.59. The van der Waals surface area contributed by atoms with Crippen LogP contribution in [-0.4, -0.2) is 32.6 Å². The van der Waals surface area contributed by atoms with Crippen LogP contribution in [0.3, 0.4) is 0 Å². The lowest BCUT2D eigenvalue weighted by Crippen LogP contribution is -2.26. The van der Waals surface area contributed by atoms with Gasteiger partial charge in [-0.15, -0.1) is 0 Å². The highest BCUT2D eigenvalue weighted by molar-refractivity contribution is 9.10. The van der Waals surface area contributed by atoms with E-state index in [4.69, 9.17) is 4.98 Å². The van der Waals surface area contributed by atoms with E-state index in [-0.39, 0.29) is 11.9 Å². The lowest BCUT2D eigenvalue weighted by Gasteiger charge is -2.18. The van der Waals surface area contributed by atoms with Crippen LogP contribution in [0.2, 0.25) is 0 Å². The number of carbonyl (C=O) groups is 1. The van der Waals surface area contributed by atoms with Gasteiger partial charge in [0.05, 0.1) is 17.1 Å². The van der Waals surface area contributed by atoms with E-state index in [1.165, 1.54) is 0 Å². The van der Waals surface area contributed by atoms with Crippen molar-refractivity contribution in [3.8, 4) is 0 Å². The van der Waals surface area contributed by atoms with Crippen molar-refractivity contribution in [1.82, 2.24) is 19.7 Å². The Morgan fingerprint density at radius 2 is 2.00 bits per heavy atom. The molecule has 0 atom stereocenters. The highest BCUT2D eigenvalue weighted by atomic mass is 79.9. The molecule has 3 aromatic rings. The molecule has 0 spiro atoms. The summed E-state index contributed by atoms with van der Waals surface area (Å²) in [7, 11) is 1.85. The number of hydrogen-bond donors (Lipinski definition) is 0. The SMILES string of the molecule is CC(C)n1ncc2c(C(=O)N(C)Cc3ccc(Br)cc3)cc(C3CC3)nc21. The molecule has 1 aromatic carbocycles. The zero-order valence-corrected chi connectivity index (χ0v) is 17.4. The van der Waals surface area contributed by atoms with Gasteiger partial charge in [0, 0.05) is 35.7 Å². The largest absolute Gasteiger partial charge is 0.337 e. The summed E-state index contributed by atoms with van der Waals surface area (Å²) < 4.78 is 2.94. The van der Waals surface area contributed by atoms with E-state index >= 15 is 0 Å². The molecular formula is C21H23BrN4O. The summed E-state index contributed by atoms with van der Waals surface area (Å²) in [5.74, 6) is 0.490. The van der Waals surface area contributed by atoms with Gasteiger partial charge in [-0.05, 0) is 50.5 Å². The predicted octanol–water partition coefficient (Wildman–Crippen LogP) is 4.92. The molecule has 140 valence electrons. The van der Waals surface area contributed by atoms with Gasteiger partial charge in [-0.25, -0.2) is 9.67 Å². The number of carbonyl (C=O) groups excluding carboxylic acids is 1. The number of hydrogen-bond acceptors (Lipinski definition) is 3. The smallest absolute Gasteiger partial charge is 0.254 e. The molecule has 0 saturated heterocycles. The Hall–Kier alpha value is -2.21. The zero-order chi connectivity index (χ0) is 19.1. The minimum absolute atomic E-state index is 0.00975. The first kappa shape index (κ1) is 18.2. The molecule has 1 aliphatic rings. The molecule has 6 heteroatoms. The number of fused-ring (bicyclic) bond motifs is 1. The standard InChI is InChI=1S/C21H23BrN4O/c1-13(2)26-20-18(11-23-26)17(10-19(24-20)15-6-7-15)21(27)25(3)12-14-4-8-16(22)9-5-14/h4-5,8-11,13,15H,6-7,12H2,1-3H3. The molecule has 27 heavy (non-hydrogen) atoms. The number of nitrogens with zero attached hydrogens (tertiary/aromatic N) is 4. The third-order valence-corrected chi connectivity index (χ3v) is 5.51. The molecule has 2 heterocycles. The third kappa shape index (κ3) is 3.63. The molecule has 1 fully saturated rings. The summed E-state index contributed by atoms with van der Waals surface area (Å²) in [6, 6.07) is 10.2. The van der Waals surface area contributed by atoms with Crippen LogP contribution in [0.25, 0.3) is 11.0 Å². The number of aromatic nitrogens is 3. The second-order valence-electron chi connectivity index (χ2n) is 7.58. The number of halogens is 1. The van der Waals surface area contributed by atoms with Crippen molar-refractivity contribution in [2.75, 3.05) is 7.05 Å². The fraction of sp³-hybridized carbons (Fsp3) is 0.381. The van der Waals surface area contributed by atoms with E-state index in [9.17, 15) is 4.79 Å². The first-order valence-electron chi connectivity index (χ1n) is 9.32. The Kier molecular flexibility index (Phi) is 4.76. The van der Waals surface area contributed by atoms with Crippen LogP contribution in [0.15, 0.2) is 41.0 Å². The van der Waals surface area contributed by atoms with Gasteiger partial charge in [-0.3, -0.25) is 4.79 Å². The monoisotopic (exact) mass is 426 g/mol. The lowest BCUT2D eigenvalue weighted by atomic mass is 10.1. The van der Waals surface area contributed by atoms with Crippen molar-refractivity contribution in [3.63, 3.8) is 0 Å². The topological polar surface area (TPSA) is 51.0 Å². The van der Waals surface area contributed by atoms with Gasteiger partial charge < -0.3 is 4.90 Å². The molecule has 4 rings (SSSR count). The quantitative estimate of drug-likeness (QED) is 0.581. The van der Waals surface area contributed by atoms with E-state index in [0.717, 1.165) is 39.6 Å². The van der Waals surface area contributed by atoms with Crippen LogP contribution in [-0.2, 0) is 6.54 Å². The third-order valence-electron chi connectivity index (χ3n) is 4.98. The molecule has 1 amide bonds. The molecule has 5 nitrogen and oxygen atoms in total. The van der Waals surface area contributed by atoms with Crippen LogP contribution >= 0.6 is 15.9 Å². The van der Waals surface area contributed by atoms with Crippen molar-refractivity contribution in [2.45, 2.75) is 45.2 Å². The highest BCUT2D eigenvalue weighted by Gasteiger charge is 2.29. The Morgan fingerprint density at radius 1 is 1.30 bits per heavy atom. The van der Waals surface area contributed by atoms with Crippen LogP contribution in [0, 0.1) is 0 Å². The van der Waals surface area contributed by atoms with Gasteiger partial charge in [0.2, 0.25) is 0 Å². The van der Waals surface area contributed by atoms with E-state index in [1.54, 1.807) is 11.1 Å². The van der Waals surface area contributed by atoms with Gasteiger partial charge in [0.15, 0.2) is 5.65 Å². The average Bonchev–Trinajstić information content (AvgIpc) is 3.41. The molecule has 0 unspecified atom stereocenters. The Labute approximate surface area is 167 Å². The van der Waals surface area contributed by atoms with E-state index in [1.807, 2.05) is 42.1 Å². The minimum Gasteiger partial charge on any atom is -0.337 e. The van der Waals surface area contributed by atoms with Crippen molar-refractivity contribution in [1.29, 1.82) is 0 Å². The van der Waals surface area contributed by atoms with Crippen LogP contribution in [0.5, 0.6) is 0 Å². The number of pyridine rings is 1. The highest BCUT2D eigenvalue weighted by Crippen LogP contribution is 2.40. The molecule has 0 aliphatic heterocycles. The van der Waals surface area contributed by atoms with Crippen molar-refractivity contribution >= 4 is 32.9 Å². The second kappa shape index (κ2) is 7.08. The summed E-state index contributed by atoms with van der Waals surface area (Å²) in [6.45, 7) is 4.73. The predicted molar refractivity (Wildman–Crippen MR) is 110 cm³/mol. The Morgan fingerprint density at radius 3 is 2.63 bits per heavy atom. The van der Waals surface area contributed by atoms with Crippen LogP contribution in [0.1, 0.15) is 60.3 Å². The van der Waals surface area contributed by atoms with E-state index < -0.39 is 0 Å². The van der Waals surface area contributed by atoms with Crippen molar-refractivity contribution in [3.05, 3.63) is 57.8 Å². The van der Waals surface area contributed by atoms with Gasteiger partial charge in [0.1, 0.15) is 0 Å². The zero-order valence-electron chi connectivity index (χ0n) is 15.8. The number of amides is 1. The average molecular weight is 427 g/mol.